The van der Waals surface area contributed by atoms with Gasteiger partial charge in [0.1, 0.15) is 12.3 Å². The Balaban J connectivity index is 2.58. The molecule has 0 aromatic heterocycles. The summed E-state index contributed by atoms with van der Waals surface area (Å²) in [6.07, 6.45) is 13.6. The fraction of sp³-hybridized carbons (Fsp3) is 0.276. The molecule has 0 saturated heterocycles. The molecule has 2 N–H and O–H groups in total. The van der Waals surface area contributed by atoms with E-state index >= 15 is 0 Å². The number of methoxy groups -OCH3 is 1. The summed E-state index contributed by atoms with van der Waals surface area (Å²) in [5, 5.41) is 21.3. The van der Waals surface area contributed by atoms with Gasteiger partial charge < -0.3 is 24.2 Å². The fourth-order valence-electron chi connectivity index (χ4n) is 3.81. The fourth-order valence-corrected chi connectivity index (χ4v) is 4.73. The largest absolute Gasteiger partial charge is 0.513 e. The first kappa shape index (κ1) is 28.5. The Bertz CT molecular complexity index is 1210. The summed E-state index contributed by atoms with van der Waals surface area (Å²) in [4.78, 5) is 14.7. The monoisotopic (exact) mass is 506 g/mol. The minimum atomic E-state index is -0.940. The van der Waals surface area contributed by atoms with Gasteiger partial charge in [-0.1, -0.05) is 42.8 Å². The summed E-state index contributed by atoms with van der Waals surface area (Å²) < 4.78 is 7.06. The number of aliphatic carboxylic acids is 1. The van der Waals surface area contributed by atoms with E-state index in [2.05, 4.69) is 12.5 Å². The van der Waals surface area contributed by atoms with Crippen molar-refractivity contribution in [2.75, 3.05) is 29.4 Å². The van der Waals surface area contributed by atoms with Crippen molar-refractivity contribution in [2.45, 2.75) is 33.2 Å². The van der Waals surface area contributed by atoms with Gasteiger partial charge in [-0.15, -0.1) is 6.42 Å². The second-order valence-corrected chi connectivity index (χ2v) is 9.14. The van der Waals surface area contributed by atoms with Gasteiger partial charge in [0, 0.05) is 33.8 Å². The number of terminal acetylenes is 1. The zero-order valence-corrected chi connectivity index (χ0v) is 22.1. The first-order valence-corrected chi connectivity index (χ1v) is 12.3. The number of ether oxygens (including phenoxy) is 1. The number of hydrogen-bond donors (Lipinski definition) is 2. The van der Waals surface area contributed by atoms with Gasteiger partial charge in [-0.2, -0.15) is 0 Å². The van der Waals surface area contributed by atoms with Crippen LogP contribution in [0.4, 0.5) is 11.4 Å². The lowest BCUT2D eigenvalue weighted by Gasteiger charge is -2.32. The van der Waals surface area contributed by atoms with E-state index in [9.17, 15) is 15.0 Å². The molecule has 36 heavy (non-hydrogen) atoms. The van der Waals surface area contributed by atoms with E-state index in [4.69, 9.17) is 11.2 Å². The molecule has 190 valence electrons. The molecule has 0 heterocycles. The Hall–Kier alpha value is -3.76. The molecule has 0 fully saturated rings. The molecule has 0 bridgehead atoms. The van der Waals surface area contributed by atoms with E-state index in [1.54, 1.807) is 11.4 Å². The molecule has 0 saturated carbocycles. The number of benzene rings is 2. The SMILES string of the molecule is C#CCN(c1ccc(N(CC(=O)O)SC(/C=C\C(=C/C)OC)=C/C)c2ccccc12)C(C)CC(=C)O. The predicted molar refractivity (Wildman–Crippen MR) is 152 cm³/mol. The Morgan fingerprint density at radius 1 is 1.14 bits per heavy atom. The zero-order valence-electron chi connectivity index (χ0n) is 21.3. The molecular formula is C29H34N2O4S. The maximum Gasteiger partial charge on any atom is 0.324 e. The van der Waals surface area contributed by atoms with E-state index < -0.39 is 5.97 Å². The highest BCUT2D eigenvalue weighted by Gasteiger charge is 2.21. The summed E-state index contributed by atoms with van der Waals surface area (Å²) in [6.45, 7) is 9.55. The molecule has 0 aliphatic heterocycles. The van der Waals surface area contributed by atoms with Crippen LogP contribution in [0.25, 0.3) is 10.8 Å². The molecule has 0 aliphatic carbocycles. The molecule has 2 aromatic carbocycles. The topological polar surface area (TPSA) is 73.2 Å². The molecule has 2 aromatic rings. The quantitative estimate of drug-likeness (QED) is 0.136. The third-order valence-corrected chi connectivity index (χ3v) is 6.62. The number of anilines is 2. The molecule has 6 nitrogen and oxygen atoms in total. The highest BCUT2D eigenvalue weighted by atomic mass is 32.2. The van der Waals surface area contributed by atoms with Crippen LogP contribution in [0.1, 0.15) is 27.2 Å². The van der Waals surface area contributed by atoms with Crippen molar-refractivity contribution in [3.63, 3.8) is 0 Å². The lowest BCUT2D eigenvalue weighted by molar-refractivity contribution is -0.135. The zero-order chi connectivity index (χ0) is 26.7. The first-order chi connectivity index (χ1) is 17.2. The number of carboxylic acid groups (broad SMARTS) is 1. The average Bonchev–Trinajstić information content (AvgIpc) is 2.85. The van der Waals surface area contributed by atoms with Crippen LogP contribution in [0.2, 0.25) is 0 Å². The highest BCUT2D eigenvalue weighted by molar-refractivity contribution is 8.04. The van der Waals surface area contributed by atoms with E-state index in [0.717, 1.165) is 27.1 Å². The van der Waals surface area contributed by atoms with Crippen molar-refractivity contribution in [3.8, 4) is 12.3 Å². The molecule has 1 unspecified atom stereocenters. The summed E-state index contributed by atoms with van der Waals surface area (Å²) in [5.74, 6) is 2.57. The van der Waals surface area contributed by atoms with Crippen LogP contribution in [0.3, 0.4) is 0 Å². The van der Waals surface area contributed by atoms with Crippen LogP contribution in [-0.2, 0) is 9.53 Å². The van der Waals surface area contributed by atoms with Crippen molar-refractivity contribution in [2.24, 2.45) is 0 Å². The van der Waals surface area contributed by atoms with Gasteiger partial charge in [0.2, 0.25) is 0 Å². The van der Waals surface area contributed by atoms with Gasteiger partial charge in [-0.3, -0.25) is 4.79 Å². The second-order valence-electron chi connectivity index (χ2n) is 8.04. The summed E-state index contributed by atoms with van der Waals surface area (Å²) in [7, 11) is 1.60. The van der Waals surface area contributed by atoms with Crippen molar-refractivity contribution >= 4 is 40.1 Å². The van der Waals surface area contributed by atoms with E-state index in [-0.39, 0.29) is 18.3 Å². The van der Waals surface area contributed by atoms with E-state index in [0.29, 0.717) is 18.7 Å². The van der Waals surface area contributed by atoms with Gasteiger partial charge in [-0.05, 0) is 63.1 Å². The van der Waals surface area contributed by atoms with Gasteiger partial charge in [-0.25, -0.2) is 0 Å². The van der Waals surface area contributed by atoms with Crippen molar-refractivity contribution in [1.82, 2.24) is 0 Å². The number of aliphatic hydroxyl groups is 1. The molecule has 0 amide bonds. The Morgan fingerprint density at radius 3 is 2.31 bits per heavy atom. The molecule has 1 atom stereocenters. The van der Waals surface area contributed by atoms with Gasteiger partial charge in [0.25, 0.3) is 0 Å². The lowest BCUT2D eigenvalue weighted by atomic mass is 10.0. The normalized spacial score (nSPS) is 12.9. The number of fused-ring (bicyclic) bond motifs is 1. The number of carbonyl (C=O) groups is 1. The van der Waals surface area contributed by atoms with Gasteiger partial charge >= 0.3 is 5.97 Å². The lowest BCUT2D eigenvalue weighted by Crippen LogP contribution is -2.34. The third kappa shape index (κ3) is 7.62. The Kier molecular flexibility index (Phi) is 11.0. The van der Waals surface area contributed by atoms with Crippen LogP contribution in [0.15, 0.2) is 83.7 Å². The smallest absolute Gasteiger partial charge is 0.324 e. The molecular weight excluding hydrogens is 472 g/mol. The first-order valence-electron chi connectivity index (χ1n) is 11.6. The summed E-state index contributed by atoms with van der Waals surface area (Å²) in [5.41, 5.74) is 1.68. The maximum atomic E-state index is 11.8. The van der Waals surface area contributed by atoms with Gasteiger partial charge in [0.15, 0.2) is 0 Å². The molecule has 0 spiro atoms. The van der Waals surface area contributed by atoms with Crippen LogP contribution >= 0.6 is 11.9 Å². The van der Waals surface area contributed by atoms with Crippen molar-refractivity contribution < 1.29 is 19.7 Å². The van der Waals surface area contributed by atoms with Crippen LogP contribution in [0.5, 0.6) is 0 Å². The van der Waals surface area contributed by atoms with Crippen LogP contribution in [0, 0.1) is 12.3 Å². The predicted octanol–water partition coefficient (Wildman–Crippen LogP) is 6.68. The maximum absolute atomic E-state index is 11.8. The number of carboxylic acids is 1. The molecule has 2 rings (SSSR count). The third-order valence-electron chi connectivity index (χ3n) is 5.49. The van der Waals surface area contributed by atoms with E-state index in [1.807, 2.05) is 86.4 Å². The highest BCUT2D eigenvalue weighted by Crippen LogP contribution is 2.39. The number of rotatable bonds is 13. The Labute approximate surface area is 218 Å². The second kappa shape index (κ2) is 14.0. The van der Waals surface area contributed by atoms with Crippen molar-refractivity contribution in [1.29, 1.82) is 0 Å². The number of hydrogen-bond acceptors (Lipinski definition) is 6. The minimum absolute atomic E-state index is 0.0846. The van der Waals surface area contributed by atoms with Crippen molar-refractivity contribution in [3.05, 3.63) is 83.7 Å². The minimum Gasteiger partial charge on any atom is -0.513 e. The van der Waals surface area contributed by atoms with Crippen LogP contribution in [-0.4, -0.2) is 42.4 Å². The Morgan fingerprint density at radius 2 is 1.78 bits per heavy atom. The standard InChI is InChI=1S/C29H34N2O4S/c1-7-18-30(21(4)19-22(5)32)27-16-17-28(26-13-11-10-12-25(26)27)31(20-29(33)34)36-24(9-3)15-14-23(8-2)35-6/h1,8-17,21,32H,5,18-20H2,2-4,6H3,(H,33,34)/b15-14-,23-8+,24-9+. The number of nitrogens with zero attached hydrogens (tertiary/aromatic N) is 2. The van der Waals surface area contributed by atoms with E-state index in [1.165, 1.54) is 11.9 Å². The number of aliphatic hydroxyl groups excluding tert-OH is 1. The number of allylic oxidation sites excluding steroid dienone is 4. The average molecular weight is 507 g/mol. The van der Waals surface area contributed by atoms with Crippen LogP contribution < -0.4 is 9.21 Å². The molecule has 0 radical (unpaired) electrons. The molecule has 0 aliphatic rings. The van der Waals surface area contributed by atoms with Gasteiger partial charge in [0.05, 0.1) is 25.1 Å². The molecule has 7 heteroatoms. The summed E-state index contributed by atoms with van der Waals surface area (Å²) in [6, 6.07) is 11.6. The summed E-state index contributed by atoms with van der Waals surface area (Å²) >= 11 is 1.34.